The molecule has 1 aliphatic carbocycles. The van der Waals surface area contributed by atoms with Crippen molar-refractivity contribution >= 4 is 5.96 Å². The molecule has 2 aliphatic rings. The Morgan fingerprint density at radius 3 is 2.96 bits per heavy atom. The number of aliphatic imine (C=N–C) groups is 1. The molecule has 5 heteroatoms. The van der Waals surface area contributed by atoms with Gasteiger partial charge in [0.25, 0.3) is 0 Å². The molecule has 1 unspecified atom stereocenters. The zero-order valence-corrected chi connectivity index (χ0v) is 17.4. The smallest absolute Gasteiger partial charge is 0.191 e. The normalized spacial score (nSPS) is 20.0. The quantitative estimate of drug-likeness (QED) is 0.404. The monoisotopic (exact) mass is 385 g/mol. The van der Waals surface area contributed by atoms with Crippen LogP contribution in [0.2, 0.25) is 0 Å². The lowest BCUT2D eigenvalue weighted by Crippen LogP contribution is -2.37. The summed E-state index contributed by atoms with van der Waals surface area (Å²) in [5, 5.41) is 6.86. The van der Waals surface area contributed by atoms with Crippen LogP contribution in [-0.2, 0) is 11.3 Å². The Morgan fingerprint density at radius 2 is 2.21 bits per heavy atom. The Morgan fingerprint density at radius 1 is 1.29 bits per heavy atom. The predicted octanol–water partition coefficient (Wildman–Crippen LogP) is 3.97. The summed E-state index contributed by atoms with van der Waals surface area (Å²) >= 11 is 0. The second-order valence-electron chi connectivity index (χ2n) is 7.86. The molecule has 0 amide bonds. The molecule has 1 aliphatic heterocycles. The van der Waals surface area contributed by atoms with E-state index in [1.165, 1.54) is 31.2 Å². The molecule has 0 aromatic heterocycles. The fourth-order valence-electron chi connectivity index (χ4n) is 3.74. The molecule has 2 N–H and O–H groups in total. The third kappa shape index (κ3) is 6.55. The van der Waals surface area contributed by atoms with Gasteiger partial charge in [-0.3, -0.25) is 4.99 Å². The molecule has 1 fully saturated rings. The summed E-state index contributed by atoms with van der Waals surface area (Å²) in [6, 6.07) is 6.40. The average molecular weight is 386 g/mol. The first-order valence-electron chi connectivity index (χ1n) is 10.7. The standard InChI is InChI=1S/C23H35N3O2/c1-18-8-9-21(22(14-18)28-17-20-11-13-27-16-20)15-26-23(24-2)25-12-10-19-6-4-3-5-7-19/h6,8-9,14,20H,3-5,7,10-13,15-17H2,1-2H3,(H2,24,25,26). The number of nitrogens with one attached hydrogen (secondary N) is 2. The van der Waals surface area contributed by atoms with Crippen LogP contribution in [0, 0.1) is 12.8 Å². The van der Waals surface area contributed by atoms with Gasteiger partial charge in [-0.1, -0.05) is 23.8 Å². The summed E-state index contributed by atoms with van der Waals surface area (Å²) in [4.78, 5) is 4.36. The maximum absolute atomic E-state index is 6.14. The number of nitrogens with zero attached hydrogens (tertiary/aromatic N) is 1. The number of ether oxygens (including phenoxy) is 2. The van der Waals surface area contributed by atoms with Gasteiger partial charge in [-0.2, -0.15) is 0 Å². The maximum atomic E-state index is 6.14. The number of hydrogen-bond acceptors (Lipinski definition) is 3. The lowest BCUT2D eigenvalue weighted by atomic mass is 9.97. The van der Waals surface area contributed by atoms with E-state index in [0.717, 1.165) is 56.5 Å². The summed E-state index contributed by atoms with van der Waals surface area (Å²) < 4.78 is 11.6. The van der Waals surface area contributed by atoms with E-state index in [2.05, 4.69) is 46.8 Å². The van der Waals surface area contributed by atoms with Gasteiger partial charge in [-0.25, -0.2) is 0 Å². The molecule has 28 heavy (non-hydrogen) atoms. The average Bonchev–Trinajstić information content (AvgIpc) is 3.24. The molecule has 1 atom stereocenters. The summed E-state index contributed by atoms with van der Waals surface area (Å²) in [7, 11) is 1.82. The van der Waals surface area contributed by atoms with Crippen LogP contribution in [0.5, 0.6) is 5.75 Å². The summed E-state index contributed by atoms with van der Waals surface area (Å²) in [6.45, 7) is 6.10. The first-order valence-corrected chi connectivity index (χ1v) is 10.7. The molecule has 1 heterocycles. The second kappa shape index (κ2) is 11.1. The van der Waals surface area contributed by atoms with Gasteiger partial charge in [-0.05, 0) is 57.1 Å². The highest BCUT2D eigenvalue weighted by molar-refractivity contribution is 5.79. The number of guanidine groups is 1. The zero-order valence-electron chi connectivity index (χ0n) is 17.4. The minimum atomic E-state index is 0.504. The zero-order chi connectivity index (χ0) is 19.6. The minimum absolute atomic E-state index is 0.504. The van der Waals surface area contributed by atoms with Crippen LogP contribution in [-0.4, -0.2) is 39.4 Å². The van der Waals surface area contributed by atoms with Gasteiger partial charge in [-0.15, -0.1) is 0 Å². The van der Waals surface area contributed by atoms with Crippen molar-refractivity contribution in [2.75, 3.05) is 33.4 Å². The molecule has 0 saturated carbocycles. The van der Waals surface area contributed by atoms with Crippen LogP contribution in [0.25, 0.3) is 0 Å². The third-order valence-corrected chi connectivity index (χ3v) is 5.51. The molecule has 3 rings (SSSR count). The minimum Gasteiger partial charge on any atom is -0.493 e. The van der Waals surface area contributed by atoms with Crippen molar-refractivity contribution in [2.24, 2.45) is 10.9 Å². The van der Waals surface area contributed by atoms with Gasteiger partial charge >= 0.3 is 0 Å². The van der Waals surface area contributed by atoms with E-state index >= 15 is 0 Å². The van der Waals surface area contributed by atoms with E-state index in [1.807, 2.05) is 7.05 Å². The first-order chi connectivity index (χ1) is 13.7. The number of rotatable bonds is 8. The van der Waals surface area contributed by atoms with Crippen LogP contribution >= 0.6 is 0 Å². The lowest BCUT2D eigenvalue weighted by Gasteiger charge is -2.17. The summed E-state index contributed by atoms with van der Waals surface area (Å²) in [6.07, 6.45) is 9.77. The Hall–Kier alpha value is -2.01. The van der Waals surface area contributed by atoms with Crippen LogP contribution in [0.4, 0.5) is 0 Å². The van der Waals surface area contributed by atoms with E-state index < -0.39 is 0 Å². The van der Waals surface area contributed by atoms with Gasteiger partial charge < -0.3 is 20.1 Å². The maximum Gasteiger partial charge on any atom is 0.191 e. The Kier molecular flexibility index (Phi) is 8.22. The van der Waals surface area contributed by atoms with Crippen molar-refractivity contribution in [3.05, 3.63) is 41.0 Å². The van der Waals surface area contributed by atoms with Crippen molar-refractivity contribution in [1.29, 1.82) is 0 Å². The Labute approximate surface area is 169 Å². The van der Waals surface area contributed by atoms with Crippen LogP contribution in [0.15, 0.2) is 34.8 Å². The predicted molar refractivity (Wildman–Crippen MR) is 115 cm³/mol. The van der Waals surface area contributed by atoms with E-state index in [0.29, 0.717) is 12.5 Å². The molecule has 154 valence electrons. The van der Waals surface area contributed by atoms with E-state index in [1.54, 1.807) is 5.57 Å². The number of aryl methyl sites for hydroxylation is 1. The van der Waals surface area contributed by atoms with Crippen molar-refractivity contribution in [1.82, 2.24) is 10.6 Å². The Bertz CT molecular complexity index is 678. The highest BCUT2D eigenvalue weighted by Crippen LogP contribution is 2.23. The fourth-order valence-corrected chi connectivity index (χ4v) is 3.74. The first kappa shape index (κ1) is 20.7. The van der Waals surface area contributed by atoms with E-state index in [4.69, 9.17) is 9.47 Å². The summed E-state index contributed by atoms with van der Waals surface area (Å²) in [5.41, 5.74) is 3.95. The van der Waals surface area contributed by atoms with Crippen molar-refractivity contribution in [3.63, 3.8) is 0 Å². The van der Waals surface area contributed by atoms with Crippen molar-refractivity contribution in [2.45, 2.75) is 52.0 Å². The number of allylic oxidation sites excluding steroid dienone is 1. The third-order valence-electron chi connectivity index (χ3n) is 5.51. The van der Waals surface area contributed by atoms with Crippen LogP contribution < -0.4 is 15.4 Å². The van der Waals surface area contributed by atoms with Gasteiger partial charge in [0, 0.05) is 38.2 Å². The van der Waals surface area contributed by atoms with Gasteiger partial charge in [0.1, 0.15) is 5.75 Å². The van der Waals surface area contributed by atoms with Gasteiger partial charge in [0.15, 0.2) is 5.96 Å². The van der Waals surface area contributed by atoms with Crippen molar-refractivity contribution < 1.29 is 9.47 Å². The van der Waals surface area contributed by atoms with Crippen LogP contribution in [0.1, 0.15) is 49.7 Å². The largest absolute Gasteiger partial charge is 0.493 e. The molecular formula is C23H35N3O2. The summed E-state index contributed by atoms with van der Waals surface area (Å²) in [5.74, 6) is 2.30. The second-order valence-corrected chi connectivity index (χ2v) is 7.86. The molecule has 5 nitrogen and oxygen atoms in total. The molecular weight excluding hydrogens is 350 g/mol. The van der Waals surface area contributed by atoms with E-state index in [-0.39, 0.29) is 0 Å². The van der Waals surface area contributed by atoms with Gasteiger partial charge in [0.05, 0.1) is 13.2 Å². The topological polar surface area (TPSA) is 54.9 Å². The number of benzene rings is 1. The van der Waals surface area contributed by atoms with Crippen molar-refractivity contribution in [3.8, 4) is 5.75 Å². The molecule has 1 aromatic carbocycles. The molecule has 0 bridgehead atoms. The van der Waals surface area contributed by atoms with E-state index in [9.17, 15) is 0 Å². The number of hydrogen-bond donors (Lipinski definition) is 2. The fraction of sp³-hybridized carbons (Fsp3) is 0.609. The Balaban J connectivity index is 1.48. The van der Waals surface area contributed by atoms with Crippen LogP contribution in [0.3, 0.4) is 0 Å². The SMILES string of the molecule is CN=C(NCCC1=CCCCC1)NCc1ccc(C)cc1OCC1CCOC1. The molecule has 1 aromatic rings. The highest BCUT2D eigenvalue weighted by atomic mass is 16.5. The molecule has 0 radical (unpaired) electrons. The highest BCUT2D eigenvalue weighted by Gasteiger charge is 2.17. The molecule has 1 saturated heterocycles. The van der Waals surface area contributed by atoms with Gasteiger partial charge in [0.2, 0.25) is 0 Å². The molecule has 0 spiro atoms. The lowest BCUT2D eigenvalue weighted by molar-refractivity contribution is 0.166.